The number of hydrogen-bond donors (Lipinski definition) is 1. The van der Waals surface area contributed by atoms with Crippen molar-refractivity contribution in [3.05, 3.63) is 59.5 Å². The van der Waals surface area contributed by atoms with Crippen LogP contribution in [0.5, 0.6) is 0 Å². The van der Waals surface area contributed by atoms with Crippen molar-refractivity contribution in [3.8, 4) is 0 Å². The van der Waals surface area contributed by atoms with Crippen LogP contribution in [0, 0.1) is 6.92 Å². The Bertz CT molecular complexity index is 561. The number of benzene rings is 1. The normalized spacial score (nSPS) is 12.4. The Balaban J connectivity index is 1.83. The fourth-order valence-corrected chi connectivity index (χ4v) is 2.03. The average Bonchev–Trinajstić information content (AvgIpc) is 2.98. The maximum atomic E-state index is 12.2. The van der Waals surface area contributed by atoms with Gasteiger partial charge in [-0.1, -0.05) is 29.8 Å². The summed E-state index contributed by atoms with van der Waals surface area (Å²) < 4.78 is 5.30. The number of furan rings is 1. The zero-order chi connectivity index (χ0) is 15.2. The van der Waals surface area contributed by atoms with Crippen LogP contribution >= 0.6 is 0 Å². The van der Waals surface area contributed by atoms with Gasteiger partial charge in [0.25, 0.3) is 0 Å². The van der Waals surface area contributed by atoms with Crippen molar-refractivity contribution in [2.75, 3.05) is 7.05 Å². The van der Waals surface area contributed by atoms with E-state index in [1.165, 1.54) is 5.56 Å². The first-order valence-corrected chi connectivity index (χ1v) is 7.12. The zero-order valence-corrected chi connectivity index (χ0v) is 12.8. The highest BCUT2D eigenvalue weighted by molar-refractivity contribution is 5.81. The Kier molecular flexibility index (Phi) is 5.17. The molecule has 1 amide bonds. The number of aryl methyl sites for hydroxylation is 1. The van der Waals surface area contributed by atoms with Crippen molar-refractivity contribution < 1.29 is 9.21 Å². The molecule has 1 heterocycles. The number of carbonyl (C=O) groups is 1. The topological polar surface area (TPSA) is 45.5 Å². The summed E-state index contributed by atoms with van der Waals surface area (Å²) in [7, 11) is 1.92. The van der Waals surface area contributed by atoms with E-state index in [-0.39, 0.29) is 11.9 Å². The molecule has 4 nitrogen and oxygen atoms in total. The molecule has 2 rings (SSSR count). The van der Waals surface area contributed by atoms with Gasteiger partial charge in [-0.2, -0.15) is 0 Å². The number of carbonyl (C=O) groups excluding carboxylic acids is 1. The highest BCUT2D eigenvalue weighted by Crippen LogP contribution is 2.07. The Labute approximate surface area is 125 Å². The molecule has 2 aromatic rings. The largest absolute Gasteiger partial charge is 0.468 e. The van der Waals surface area contributed by atoms with Gasteiger partial charge in [0.15, 0.2) is 0 Å². The van der Waals surface area contributed by atoms with E-state index in [4.69, 9.17) is 4.42 Å². The predicted octanol–water partition coefficient (Wildman–Crippen LogP) is 2.72. The van der Waals surface area contributed by atoms with Crippen LogP contribution in [0.3, 0.4) is 0 Å². The van der Waals surface area contributed by atoms with Crippen LogP contribution in [-0.2, 0) is 17.9 Å². The van der Waals surface area contributed by atoms with Crippen LogP contribution in [0.15, 0.2) is 47.1 Å². The molecule has 21 heavy (non-hydrogen) atoms. The Morgan fingerprint density at radius 3 is 2.62 bits per heavy atom. The van der Waals surface area contributed by atoms with Gasteiger partial charge in [0.05, 0.1) is 18.8 Å². The summed E-state index contributed by atoms with van der Waals surface area (Å²) >= 11 is 0. The highest BCUT2D eigenvalue weighted by atomic mass is 16.3. The molecular weight excluding hydrogens is 264 g/mol. The van der Waals surface area contributed by atoms with E-state index in [0.717, 1.165) is 11.3 Å². The second kappa shape index (κ2) is 7.09. The lowest BCUT2D eigenvalue weighted by Crippen LogP contribution is -2.42. The Morgan fingerprint density at radius 1 is 1.29 bits per heavy atom. The van der Waals surface area contributed by atoms with E-state index in [1.807, 2.05) is 62.2 Å². The molecular formula is C17H22N2O2. The molecule has 0 aliphatic heterocycles. The van der Waals surface area contributed by atoms with Gasteiger partial charge in [0.1, 0.15) is 5.76 Å². The molecule has 1 N–H and O–H groups in total. The predicted molar refractivity (Wildman–Crippen MR) is 82.7 cm³/mol. The third kappa shape index (κ3) is 4.46. The third-order valence-corrected chi connectivity index (χ3v) is 3.61. The molecule has 0 saturated carbocycles. The summed E-state index contributed by atoms with van der Waals surface area (Å²) in [5.41, 5.74) is 2.33. The minimum Gasteiger partial charge on any atom is -0.468 e. The summed E-state index contributed by atoms with van der Waals surface area (Å²) in [6, 6.07) is 11.7. The molecule has 0 aliphatic rings. The quantitative estimate of drug-likeness (QED) is 0.888. The molecule has 0 radical (unpaired) electrons. The van der Waals surface area contributed by atoms with Crippen molar-refractivity contribution >= 4 is 5.91 Å². The summed E-state index contributed by atoms with van der Waals surface area (Å²) in [5.74, 6) is 0.875. The fraction of sp³-hybridized carbons (Fsp3) is 0.353. The maximum absolute atomic E-state index is 12.2. The van der Waals surface area contributed by atoms with Crippen molar-refractivity contribution in [3.63, 3.8) is 0 Å². The monoisotopic (exact) mass is 286 g/mol. The number of amides is 1. The minimum absolute atomic E-state index is 0.0182. The number of rotatable bonds is 6. The summed E-state index contributed by atoms with van der Waals surface area (Å²) in [6.07, 6.45) is 1.64. The number of nitrogens with one attached hydrogen (secondary N) is 1. The summed E-state index contributed by atoms with van der Waals surface area (Å²) in [5, 5.41) is 2.97. The van der Waals surface area contributed by atoms with Crippen LogP contribution < -0.4 is 5.32 Å². The van der Waals surface area contributed by atoms with E-state index in [9.17, 15) is 4.79 Å². The van der Waals surface area contributed by atoms with Gasteiger partial charge in [-0.15, -0.1) is 0 Å². The van der Waals surface area contributed by atoms with Gasteiger partial charge >= 0.3 is 0 Å². The fourth-order valence-electron chi connectivity index (χ4n) is 2.03. The molecule has 1 atom stereocenters. The van der Waals surface area contributed by atoms with Crippen molar-refractivity contribution in [1.29, 1.82) is 0 Å². The van der Waals surface area contributed by atoms with E-state index < -0.39 is 0 Å². The second-order valence-corrected chi connectivity index (χ2v) is 5.37. The van der Waals surface area contributed by atoms with Gasteiger partial charge in [0, 0.05) is 6.54 Å². The van der Waals surface area contributed by atoms with Gasteiger partial charge in [-0.25, -0.2) is 0 Å². The molecule has 1 aromatic carbocycles. The van der Waals surface area contributed by atoms with Crippen LogP contribution in [-0.4, -0.2) is 23.9 Å². The molecule has 0 fully saturated rings. The average molecular weight is 286 g/mol. The molecule has 4 heteroatoms. The van der Waals surface area contributed by atoms with Crippen molar-refractivity contribution in [1.82, 2.24) is 10.2 Å². The Hall–Kier alpha value is -2.07. The van der Waals surface area contributed by atoms with E-state index in [0.29, 0.717) is 13.1 Å². The molecule has 0 spiro atoms. The lowest BCUT2D eigenvalue weighted by Gasteiger charge is -2.22. The zero-order valence-electron chi connectivity index (χ0n) is 12.8. The van der Waals surface area contributed by atoms with Crippen LogP contribution in [0.2, 0.25) is 0 Å². The van der Waals surface area contributed by atoms with E-state index >= 15 is 0 Å². The van der Waals surface area contributed by atoms with Crippen LogP contribution in [0.1, 0.15) is 23.8 Å². The lowest BCUT2D eigenvalue weighted by molar-refractivity contribution is -0.125. The van der Waals surface area contributed by atoms with Gasteiger partial charge in [-0.3, -0.25) is 9.69 Å². The highest BCUT2D eigenvalue weighted by Gasteiger charge is 2.18. The second-order valence-electron chi connectivity index (χ2n) is 5.37. The summed E-state index contributed by atoms with van der Waals surface area (Å²) in [4.78, 5) is 14.1. The van der Waals surface area contributed by atoms with Crippen molar-refractivity contribution in [2.24, 2.45) is 0 Å². The molecule has 1 aromatic heterocycles. The molecule has 112 valence electrons. The van der Waals surface area contributed by atoms with E-state index in [2.05, 4.69) is 5.32 Å². The maximum Gasteiger partial charge on any atom is 0.237 e. The number of hydrogen-bond acceptors (Lipinski definition) is 3. The van der Waals surface area contributed by atoms with Crippen LogP contribution in [0.25, 0.3) is 0 Å². The first kappa shape index (κ1) is 15.3. The smallest absolute Gasteiger partial charge is 0.237 e. The standard InChI is InChI=1S/C17H22N2O2/c1-13-6-8-15(9-7-13)11-18-17(20)14(2)19(3)12-16-5-4-10-21-16/h4-10,14H,11-12H2,1-3H3,(H,18,20). The molecule has 0 saturated heterocycles. The first-order chi connectivity index (χ1) is 10.1. The van der Waals surface area contributed by atoms with Gasteiger partial charge in [-0.05, 0) is 38.6 Å². The van der Waals surface area contributed by atoms with Gasteiger partial charge < -0.3 is 9.73 Å². The number of likely N-dealkylation sites (N-methyl/N-ethyl adjacent to an activating group) is 1. The van der Waals surface area contributed by atoms with Crippen LogP contribution in [0.4, 0.5) is 0 Å². The van der Waals surface area contributed by atoms with Crippen molar-refractivity contribution in [2.45, 2.75) is 33.0 Å². The molecule has 0 aliphatic carbocycles. The molecule has 1 unspecified atom stereocenters. The third-order valence-electron chi connectivity index (χ3n) is 3.61. The van der Waals surface area contributed by atoms with E-state index in [1.54, 1.807) is 6.26 Å². The SMILES string of the molecule is Cc1ccc(CNC(=O)C(C)N(C)Cc2ccco2)cc1. The van der Waals surface area contributed by atoms with Gasteiger partial charge in [0.2, 0.25) is 5.91 Å². The first-order valence-electron chi connectivity index (χ1n) is 7.12. The lowest BCUT2D eigenvalue weighted by atomic mass is 10.1. The Morgan fingerprint density at radius 2 is 2.00 bits per heavy atom. The molecule has 0 bridgehead atoms. The number of nitrogens with zero attached hydrogens (tertiary/aromatic N) is 1. The minimum atomic E-state index is -0.208. The summed E-state index contributed by atoms with van der Waals surface area (Å²) in [6.45, 7) is 5.12.